The molecule has 1 saturated carbocycles. The van der Waals surface area contributed by atoms with Crippen molar-refractivity contribution in [3.05, 3.63) is 47.5 Å². The van der Waals surface area contributed by atoms with Crippen LogP contribution in [0.1, 0.15) is 47.8 Å². The van der Waals surface area contributed by atoms with Gasteiger partial charge in [-0.25, -0.2) is 0 Å². The maximum atomic E-state index is 13.2. The lowest BCUT2D eigenvalue weighted by Crippen LogP contribution is -2.29. The second-order valence-electron chi connectivity index (χ2n) is 7.05. The maximum Gasteiger partial charge on any atom is 0.261 e. The van der Waals surface area contributed by atoms with Crippen LogP contribution in [0.3, 0.4) is 0 Å². The molecular formula is C22H25NO5. The van der Waals surface area contributed by atoms with Gasteiger partial charge in [-0.1, -0.05) is 18.2 Å². The maximum absolute atomic E-state index is 13.2. The molecule has 0 saturated heterocycles. The van der Waals surface area contributed by atoms with Gasteiger partial charge in [0.05, 0.1) is 26.0 Å². The predicted octanol–water partition coefficient (Wildman–Crippen LogP) is 4.33. The average molecular weight is 383 g/mol. The van der Waals surface area contributed by atoms with E-state index in [1.54, 1.807) is 32.3 Å². The number of hydrogen-bond donors (Lipinski definition) is 0. The third kappa shape index (κ3) is 3.07. The summed E-state index contributed by atoms with van der Waals surface area (Å²) in [6.07, 6.45) is 4.03. The molecule has 0 N–H and O–H groups in total. The van der Waals surface area contributed by atoms with Crippen molar-refractivity contribution in [1.29, 1.82) is 0 Å². The topological polar surface area (TPSA) is 57.2 Å². The molecule has 2 aromatic rings. The van der Waals surface area contributed by atoms with Crippen LogP contribution >= 0.6 is 0 Å². The van der Waals surface area contributed by atoms with Crippen LogP contribution in [0.4, 0.5) is 5.69 Å². The minimum Gasteiger partial charge on any atom is -0.494 e. The molecule has 1 heterocycles. The van der Waals surface area contributed by atoms with Gasteiger partial charge in [-0.3, -0.25) is 9.69 Å². The highest BCUT2D eigenvalue weighted by Gasteiger charge is 2.39. The fourth-order valence-corrected chi connectivity index (χ4v) is 4.07. The van der Waals surface area contributed by atoms with Crippen LogP contribution in [0.15, 0.2) is 36.4 Å². The first-order valence-corrected chi connectivity index (χ1v) is 9.56. The quantitative estimate of drug-likeness (QED) is 0.743. The van der Waals surface area contributed by atoms with Crippen LogP contribution < -0.4 is 19.1 Å². The van der Waals surface area contributed by atoms with E-state index in [-0.39, 0.29) is 12.0 Å². The molecule has 6 heteroatoms. The lowest BCUT2D eigenvalue weighted by atomic mass is 10.1. The first-order valence-electron chi connectivity index (χ1n) is 9.56. The number of carbonyl (C=O) groups is 1. The highest BCUT2D eigenvalue weighted by Crippen LogP contribution is 2.46. The van der Waals surface area contributed by atoms with E-state index in [2.05, 4.69) is 0 Å². The third-order valence-electron chi connectivity index (χ3n) is 5.45. The van der Waals surface area contributed by atoms with E-state index in [4.69, 9.17) is 18.9 Å². The summed E-state index contributed by atoms with van der Waals surface area (Å²) in [4.78, 5) is 14.8. The van der Waals surface area contributed by atoms with E-state index in [9.17, 15) is 4.79 Å². The minimum atomic E-state index is -0.523. The van der Waals surface area contributed by atoms with E-state index in [1.165, 1.54) is 12.8 Å². The van der Waals surface area contributed by atoms with Crippen LogP contribution in [0.2, 0.25) is 0 Å². The van der Waals surface area contributed by atoms with Gasteiger partial charge in [0.2, 0.25) is 0 Å². The average Bonchev–Trinajstić information content (AvgIpc) is 3.33. The Bertz CT molecular complexity index is 875. The smallest absolute Gasteiger partial charge is 0.261 e. The molecule has 0 spiro atoms. The van der Waals surface area contributed by atoms with E-state index in [1.807, 2.05) is 30.3 Å². The fraction of sp³-hybridized carbons (Fsp3) is 0.409. The fourth-order valence-electron chi connectivity index (χ4n) is 4.07. The number of benzene rings is 2. The molecule has 2 aromatic carbocycles. The molecule has 2 aliphatic rings. The molecular weight excluding hydrogens is 358 g/mol. The summed E-state index contributed by atoms with van der Waals surface area (Å²) in [5.41, 5.74) is 2.07. The highest BCUT2D eigenvalue weighted by atomic mass is 16.5. The summed E-state index contributed by atoms with van der Waals surface area (Å²) in [6.45, 7) is 0. The van der Waals surface area contributed by atoms with Crippen LogP contribution in [0, 0.1) is 0 Å². The van der Waals surface area contributed by atoms with Gasteiger partial charge in [0.25, 0.3) is 5.91 Å². The Morgan fingerprint density at radius 2 is 1.64 bits per heavy atom. The highest BCUT2D eigenvalue weighted by molar-refractivity contribution is 6.11. The Hall–Kier alpha value is -2.73. The van der Waals surface area contributed by atoms with Crippen LogP contribution in [0.5, 0.6) is 17.2 Å². The third-order valence-corrected chi connectivity index (χ3v) is 5.45. The first kappa shape index (κ1) is 18.6. The summed E-state index contributed by atoms with van der Waals surface area (Å²) in [5, 5.41) is 0. The minimum absolute atomic E-state index is 0.127. The molecule has 1 unspecified atom stereocenters. The summed E-state index contributed by atoms with van der Waals surface area (Å²) >= 11 is 0. The number of hydrogen-bond acceptors (Lipinski definition) is 5. The van der Waals surface area contributed by atoms with Gasteiger partial charge < -0.3 is 18.9 Å². The number of rotatable bonds is 6. The molecule has 0 aromatic heterocycles. The summed E-state index contributed by atoms with van der Waals surface area (Å²) in [6, 6.07) is 11.1. The zero-order valence-corrected chi connectivity index (χ0v) is 16.4. The van der Waals surface area contributed by atoms with Crippen LogP contribution in [-0.2, 0) is 4.74 Å². The van der Waals surface area contributed by atoms with Gasteiger partial charge in [0, 0.05) is 30.4 Å². The van der Waals surface area contributed by atoms with Crippen molar-refractivity contribution in [1.82, 2.24) is 0 Å². The number of fused-ring (bicyclic) bond motifs is 1. The summed E-state index contributed by atoms with van der Waals surface area (Å²) in [7, 11) is 4.77. The largest absolute Gasteiger partial charge is 0.494 e. The van der Waals surface area contributed by atoms with Gasteiger partial charge >= 0.3 is 0 Å². The monoisotopic (exact) mass is 383 g/mol. The molecule has 0 bridgehead atoms. The Kier molecular flexibility index (Phi) is 5.13. The van der Waals surface area contributed by atoms with Crippen molar-refractivity contribution in [2.45, 2.75) is 38.0 Å². The lowest BCUT2D eigenvalue weighted by molar-refractivity contribution is 0.0820. The number of methoxy groups -OCH3 is 3. The molecule has 1 aliphatic carbocycles. The van der Waals surface area contributed by atoms with Crippen molar-refractivity contribution < 1.29 is 23.7 Å². The van der Waals surface area contributed by atoms with Crippen molar-refractivity contribution in [2.24, 2.45) is 0 Å². The van der Waals surface area contributed by atoms with E-state index < -0.39 is 6.23 Å². The second-order valence-corrected chi connectivity index (χ2v) is 7.05. The number of ether oxygens (including phenoxy) is 4. The molecule has 4 rings (SSSR count). The van der Waals surface area contributed by atoms with Gasteiger partial charge in [-0.15, -0.1) is 0 Å². The first-order chi connectivity index (χ1) is 13.7. The standard InChI is InChI=1S/C22H25NO5/c1-25-18-13-19(26-2)20(28-14-8-4-5-9-14)12-17(18)23-21(24)15-10-6-7-11-16(15)22(23)27-3/h6-7,10-14,22H,4-5,8-9H2,1-3H3. The predicted molar refractivity (Wildman–Crippen MR) is 105 cm³/mol. The van der Waals surface area contributed by atoms with Crippen LogP contribution in [-0.4, -0.2) is 33.3 Å². The van der Waals surface area contributed by atoms with E-state index >= 15 is 0 Å². The number of anilines is 1. The van der Waals surface area contributed by atoms with Crippen molar-refractivity contribution in [2.75, 3.05) is 26.2 Å². The number of nitrogens with zero attached hydrogens (tertiary/aromatic N) is 1. The molecule has 6 nitrogen and oxygen atoms in total. The second kappa shape index (κ2) is 7.72. The van der Waals surface area contributed by atoms with Crippen molar-refractivity contribution in [3.63, 3.8) is 0 Å². The normalized spacial score (nSPS) is 19.0. The Labute approximate surface area is 165 Å². The van der Waals surface area contributed by atoms with Gasteiger partial charge in [-0.2, -0.15) is 0 Å². The Morgan fingerprint density at radius 3 is 2.32 bits per heavy atom. The summed E-state index contributed by atoms with van der Waals surface area (Å²) in [5.74, 6) is 1.60. The number of amides is 1. The molecule has 28 heavy (non-hydrogen) atoms. The summed E-state index contributed by atoms with van der Waals surface area (Å²) < 4.78 is 23.0. The number of carbonyl (C=O) groups excluding carboxylic acids is 1. The zero-order chi connectivity index (χ0) is 19.7. The van der Waals surface area contributed by atoms with Crippen molar-refractivity contribution >= 4 is 11.6 Å². The Morgan fingerprint density at radius 1 is 0.929 bits per heavy atom. The Balaban J connectivity index is 1.78. The molecule has 1 atom stereocenters. The molecule has 1 aliphatic heterocycles. The SMILES string of the molecule is COc1cc(OC)c(N2C(=O)c3ccccc3C2OC)cc1OC1CCCC1. The lowest BCUT2D eigenvalue weighted by Gasteiger charge is -2.27. The van der Waals surface area contributed by atoms with Gasteiger partial charge in [0.15, 0.2) is 17.7 Å². The zero-order valence-electron chi connectivity index (χ0n) is 16.4. The van der Waals surface area contributed by atoms with Gasteiger partial charge in [0.1, 0.15) is 5.75 Å². The van der Waals surface area contributed by atoms with Crippen molar-refractivity contribution in [3.8, 4) is 17.2 Å². The molecule has 148 valence electrons. The molecule has 1 amide bonds. The van der Waals surface area contributed by atoms with Crippen LogP contribution in [0.25, 0.3) is 0 Å². The molecule has 0 radical (unpaired) electrons. The van der Waals surface area contributed by atoms with E-state index in [0.717, 1.165) is 18.4 Å². The van der Waals surface area contributed by atoms with Gasteiger partial charge in [-0.05, 0) is 31.7 Å². The molecule has 1 fully saturated rings. The van der Waals surface area contributed by atoms with E-state index in [0.29, 0.717) is 28.5 Å².